The summed E-state index contributed by atoms with van der Waals surface area (Å²) in [7, 11) is 0. The maximum Gasteiger partial charge on any atom is 0.339 e. The summed E-state index contributed by atoms with van der Waals surface area (Å²) in [4.78, 5) is 11.5. The first kappa shape index (κ1) is 13.6. The van der Waals surface area contributed by atoms with Crippen LogP contribution in [0.1, 0.15) is 10.4 Å². The van der Waals surface area contributed by atoms with Crippen molar-refractivity contribution in [2.24, 2.45) is 0 Å². The van der Waals surface area contributed by atoms with Crippen molar-refractivity contribution in [2.75, 3.05) is 0 Å². The Hall–Kier alpha value is -2.40. The highest BCUT2D eigenvalue weighted by molar-refractivity contribution is 9.10. The van der Waals surface area contributed by atoms with E-state index < -0.39 is 5.97 Å². The summed E-state index contributed by atoms with van der Waals surface area (Å²) < 4.78 is 2.49. The van der Waals surface area contributed by atoms with E-state index in [9.17, 15) is 9.90 Å². The standard InChI is InChI=1S/C16H11BrN2O2/c17-13-8-4-5-9-14(13)19-15(11-6-2-1-3-7-11)12(10-18-19)16(20)21/h1-10H,(H,20,21). The average Bonchev–Trinajstić information content (AvgIpc) is 2.93. The highest BCUT2D eigenvalue weighted by atomic mass is 79.9. The minimum absolute atomic E-state index is 0.178. The second-order valence-electron chi connectivity index (χ2n) is 4.44. The summed E-state index contributed by atoms with van der Waals surface area (Å²) >= 11 is 3.48. The van der Waals surface area contributed by atoms with E-state index in [0.717, 1.165) is 15.7 Å². The van der Waals surface area contributed by atoms with Gasteiger partial charge in [-0.2, -0.15) is 5.10 Å². The molecule has 0 fully saturated rings. The van der Waals surface area contributed by atoms with Crippen molar-refractivity contribution in [3.8, 4) is 16.9 Å². The molecule has 2 aromatic carbocycles. The molecule has 4 nitrogen and oxygen atoms in total. The minimum Gasteiger partial charge on any atom is -0.478 e. The van der Waals surface area contributed by atoms with Gasteiger partial charge in [0.15, 0.2) is 0 Å². The second kappa shape index (κ2) is 5.54. The van der Waals surface area contributed by atoms with E-state index in [1.54, 1.807) is 4.68 Å². The van der Waals surface area contributed by atoms with Crippen molar-refractivity contribution in [1.29, 1.82) is 0 Å². The first-order valence-electron chi connectivity index (χ1n) is 6.30. The quantitative estimate of drug-likeness (QED) is 0.782. The fourth-order valence-electron chi connectivity index (χ4n) is 2.18. The van der Waals surface area contributed by atoms with E-state index in [-0.39, 0.29) is 5.56 Å². The summed E-state index contributed by atoms with van der Waals surface area (Å²) in [5.74, 6) is -0.993. The van der Waals surface area contributed by atoms with Gasteiger partial charge in [0.1, 0.15) is 5.56 Å². The van der Waals surface area contributed by atoms with Gasteiger partial charge in [0, 0.05) is 10.0 Å². The Morgan fingerprint density at radius 3 is 2.38 bits per heavy atom. The number of carboxylic acids is 1. The van der Waals surface area contributed by atoms with E-state index in [1.165, 1.54) is 6.20 Å². The molecule has 1 heterocycles. The number of para-hydroxylation sites is 1. The maximum atomic E-state index is 11.5. The zero-order valence-corrected chi connectivity index (χ0v) is 12.5. The van der Waals surface area contributed by atoms with Crippen LogP contribution in [-0.4, -0.2) is 20.9 Å². The van der Waals surface area contributed by atoms with Gasteiger partial charge in [-0.25, -0.2) is 9.48 Å². The van der Waals surface area contributed by atoms with Gasteiger partial charge < -0.3 is 5.11 Å². The van der Waals surface area contributed by atoms with Crippen molar-refractivity contribution >= 4 is 21.9 Å². The van der Waals surface area contributed by atoms with Crippen LogP contribution < -0.4 is 0 Å². The Labute approximate surface area is 129 Å². The topological polar surface area (TPSA) is 55.1 Å². The lowest BCUT2D eigenvalue weighted by Gasteiger charge is -2.10. The lowest BCUT2D eigenvalue weighted by molar-refractivity contribution is 0.0697. The predicted octanol–water partition coefficient (Wildman–Crippen LogP) is 4.00. The number of halogens is 1. The molecule has 104 valence electrons. The number of hydrogen-bond donors (Lipinski definition) is 1. The molecule has 3 rings (SSSR count). The van der Waals surface area contributed by atoms with Gasteiger partial charge in [-0.15, -0.1) is 0 Å². The lowest BCUT2D eigenvalue weighted by Crippen LogP contribution is -2.03. The number of aromatic nitrogens is 2. The number of hydrogen-bond acceptors (Lipinski definition) is 2. The largest absolute Gasteiger partial charge is 0.478 e. The Morgan fingerprint density at radius 2 is 1.71 bits per heavy atom. The second-order valence-corrected chi connectivity index (χ2v) is 5.30. The summed E-state index contributed by atoms with van der Waals surface area (Å²) in [5, 5.41) is 13.6. The van der Waals surface area contributed by atoms with Crippen LogP contribution in [0.5, 0.6) is 0 Å². The number of nitrogens with zero attached hydrogens (tertiary/aromatic N) is 2. The van der Waals surface area contributed by atoms with Gasteiger partial charge in [0.2, 0.25) is 0 Å². The number of benzene rings is 2. The normalized spacial score (nSPS) is 10.5. The fourth-order valence-corrected chi connectivity index (χ4v) is 2.64. The first-order valence-corrected chi connectivity index (χ1v) is 7.09. The zero-order valence-electron chi connectivity index (χ0n) is 10.9. The van der Waals surface area contributed by atoms with Crippen molar-refractivity contribution in [1.82, 2.24) is 9.78 Å². The monoisotopic (exact) mass is 342 g/mol. The van der Waals surface area contributed by atoms with Gasteiger partial charge >= 0.3 is 5.97 Å². The molecule has 0 saturated heterocycles. The molecular weight excluding hydrogens is 332 g/mol. The van der Waals surface area contributed by atoms with E-state index >= 15 is 0 Å². The van der Waals surface area contributed by atoms with Gasteiger partial charge in [-0.3, -0.25) is 0 Å². The Balaban J connectivity index is 2.28. The Bertz CT molecular complexity index is 797. The van der Waals surface area contributed by atoms with Crippen LogP contribution in [0.4, 0.5) is 0 Å². The Kier molecular flexibility index (Phi) is 3.58. The smallest absolute Gasteiger partial charge is 0.339 e. The van der Waals surface area contributed by atoms with Crippen molar-refractivity contribution in [2.45, 2.75) is 0 Å². The van der Waals surface area contributed by atoms with Crippen LogP contribution in [0.25, 0.3) is 16.9 Å². The van der Waals surface area contributed by atoms with E-state index in [2.05, 4.69) is 21.0 Å². The molecule has 0 bridgehead atoms. The SMILES string of the molecule is O=C(O)c1cnn(-c2ccccc2Br)c1-c1ccccc1. The molecule has 0 atom stereocenters. The van der Waals surface area contributed by atoms with E-state index in [1.807, 2.05) is 54.6 Å². The van der Waals surface area contributed by atoms with E-state index in [0.29, 0.717) is 5.69 Å². The third kappa shape index (κ3) is 2.48. The molecule has 3 aromatic rings. The first-order chi connectivity index (χ1) is 10.2. The molecule has 0 aliphatic carbocycles. The average molecular weight is 343 g/mol. The fraction of sp³-hybridized carbons (Fsp3) is 0. The molecule has 0 saturated carbocycles. The minimum atomic E-state index is -0.993. The molecule has 1 N–H and O–H groups in total. The summed E-state index contributed by atoms with van der Waals surface area (Å²) in [6, 6.07) is 16.9. The third-order valence-corrected chi connectivity index (χ3v) is 3.80. The molecule has 1 aromatic heterocycles. The highest BCUT2D eigenvalue weighted by Crippen LogP contribution is 2.29. The van der Waals surface area contributed by atoms with Crippen LogP contribution in [-0.2, 0) is 0 Å². The number of carbonyl (C=O) groups is 1. The van der Waals surface area contributed by atoms with Crippen LogP contribution in [0.2, 0.25) is 0 Å². The zero-order chi connectivity index (χ0) is 14.8. The molecular formula is C16H11BrN2O2. The van der Waals surface area contributed by atoms with Crippen molar-refractivity contribution < 1.29 is 9.90 Å². The summed E-state index contributed by atoms with van der Waals surface area (Å²) in [6.45, 7) is 0. The van der Waals surface area contributed by atoms with Gasteiger partial charge in [-0.05, 0) is 28.1 Å². The predicted molar refractivity (Wildman–Crippen MR) is 83.7 cm³/mol. The highest BCUT2D eigenvalue weighted by Gasteiger charge is 2.20. The molecule has 0 radical (unpaired) electrons. The number of rotatable bonds is 3. The number of aromatic carboxylic acids is 1. The molecule has 5 heteroatoms. The maximum absolute atomic E-state index is 11.5. The van der Waals surface area contributed by atoms with Crippen LogP contribution >= 0.6 is 15.9 Å². The van der Waals surface area contributed by atoms with Gasteiger partial charge in [0.25, 0.3) is 0 Å². The van der Waals surface area contributed by atoms with Gasteiger partial charge in [0.05, 0.1) is 17.6 Å². The van der Waals surface area contributed by atoms with Crippen LogP contribution in [0.15, 0.2) is 65.3 Å². The lowest BCUT2D eigenvalue weighted by atomic mass is 10.1. The Morgan fingerprint density at radius 1 is 1.05 bits per heavy atom. The summed E-state index contributed by atoms with van der Waals surface area (Å²) in [6.07, 6.45) is 1.38. The molecule has 0 spiro atoms. The third-order valence-electron chi connectivity index (χ3n) is 3.13. The molecule has 0 amide bonds. The van der Waals surface area contributed by atoms with Crippen LogP contribution in [0, 0.1) is 0 Å². The number of carboxylic acid groups (broad SMARTS) is 1. The van der Waals surface area contributed by atoms with E-state index in [4.69, 9.17) is 0 Å². The molecule has 21 heavy (non-hydrogen) atoms. The van der Waals surface area contributed by atoms with Crippen LogP contribution in [0.3, 0.4) is 0 Å². The summed E-state index contributed by atoms with van der Waals surface area (Å²) in [5.41, 5.74) is 2.35. The molecule has 0 aliphatic heterocycles. The van der Waals surface area contributed by atoms with Gasteiger partial charge in [-0.1, -0.05) is 42.5 Å². The van der Waals surface area contributed by atoms with Crippen molar-refractivity contribution in [3.63, 3.8) is 0 Å². The molecule has 0 aliphatic rings. The van der Waals surface area contributed by atoms with Crippen molar-refractivity contribution in [3.05, 3.63) is 70.8 Å². The molecule has 0 unspecified atom stereocenters.